The van der Waals surface area contributed by atoms with E-state index in [1.54, 1.807) is 7.11 Å². The predicted molar refractivity (Wildman–Crippen MR) is 101 cm³/mol. The second kappa shape index (κ2) is 8.93. The topological polar surface area (TPSA) is 44.8 Å². The van der Waals surface area contributed by atoms with Crippen molar-refractivity contribution in [3.05, 3.63) is 71.0 Å². The molecule has 1 unspecified atom stereocenters. The Morgan fingerprint density at radius 3 is 2.70 bits per heavy atom. The molecule has 142 valence electrons. The van der Waals surface area contributed by atoms with Crippen molar-refractivity contribution in [2.24, 2.45) is 0 Å². The van der Waals surface area contributed by atoms with Gasteiger partial charge in [0, 0.05) is 25.7 Å². The average Bonchev–Trinajstić information content (AvgIpc) is 2.70. The van der Waals surface area contributed by atoms with Gasteiger partial charge in [-0.15, -0.1) is 0 Å². The van der Waals surface area contributed by atoms with Crippen LogP contribution in [0.15, 0.2) is 54.1 Å². The van der Waals surface area contributed by atoms with Crippen molar-refractivity contribution < 1.29 is 23.4 Å². The zero-order chi connectivity index (χ0) is 19.2. The van der Waals surface area contributed by atoms with Crippen LogP contribution >= 0.6 is 0 Å². The monoisotopic (exact) mass is 370 g/mol. The molecule has 2 aromatic carbocycles. The fraction of sp³-hybridized carbons (Fsp3) is 0.318. The molecule has 2 aromatic rings. The fourth-order valence-electron chi connectivity index (χ4n) is 3.23. The summed E-state index contributed by atoms with van der Waals surface area (Å²) in [5.74, 6) is -0.231. The number of ketones is 1. The first-order valence-corrected chi connectivity index (χ1v) is 9.03. The lowest BCUT2D eigenvalue weighted by Crippen LogP contribution is -2.22. The Kier molecular flexibility index (Phi) is 6.37. The van der Waals surface area contributed by atoms with Crippen molar-refractivity contribution in [1.82, 2.24) is 0 Å². The van der Waals surface area contributed by atoms with E-state index in [0.717, 1.165) is 11.1 Å². The van der Waals surface area contributed by atoms with Crippen LogP contribution in [0.5, 0.6) is 5.75 Å². The van der Waals surface area contributed by atoms with E-state index in [-0.39, 0.29) is 24.2 Å². The molecule has 1 heterocycles. The van der Waals surface area contributed by atoms with Gasteiger partial charge in [0.15, 0.2) is 12.1 Å². The van der Waals surface area contributed by atoms with Gasteiger partial charge in [0.25, 0.3) is 0 Å². The fourth-order valence-corrected chi connectivity index (χ4v) is 3.23. The molecule has 0 spiro atoms. The number of allylic oxidation sites excluding steroid dienone is 1. The summed E-state index contributed by atoms with van der Waals surface area (Å²) in [6.07, 6.45) is 0.831. The van der Waals surface area contributed by atoms with Crippen LogP contribution < -0.4 is 4.74 Å². The van der Waals surface area contributed by atoms with Crippen LogP contribution in [0.4, 0.5) is 4.39 Å². The minimum absolute atomic E-state index is 0.161. The van der Waals surface area contributed by atoms with Crippen molar-refractivity contribution in [2.75, 3.05) is 20.3 Å². The summed E-state index contributed by atoms with van der Waals surface area (Å²) in [6.45, 7) is 2.62. The second-order valence-corrected chi connectivity index (χ2v) is 6.24. The zero-order valence-electron chi connectivity index (χ0n) is 15.5. The molecule has 3 rings (SSSR count). The number of rotatable bonds is 7. The second-order valence-electron chi connectivity index (χ2n) is 6.24. The molecule has 1 aliphatic heterocycles. The van der Waals surface area contributed by atoms with Gasteiger partial charge in [-0.05, 0) is 42.7 Å². The third-order valence-corrected chi connectivity index (χ3v) is 4.56. The largest absolute Gasteiger partial charge is 0.488 e. The number of fused-ring (bicyclic) bond motifs is 1. The highest BCUT2D eigenvalue weighted by Gasteiger charge is 2.27. The molecule has 5 heteroatoms. The molecule has 0 fully saturated rings. The van der Waals surface area contributed by atoms with Crippen LogP contribution in [0.25, 0.3) is 5.57 Å². The van der Waals surface area contributed by atoms with E-state index in [4.69, 9.17) is 14.2 Å². The standard InChI is InChI=1S/C22H23FO4/c1-3-26-21(25-2)12-10-17(15-7-5-4-6-8-15)19-14-27-20-11-9-16(23)13-18(20)22(19)24/h4-9,11,13,21H,3,10,12,14H2,1-2H3/b19-17-. The SMILES string of the molecule is CCOC(CC/C(=C1\COc2ccc(F)cc2C1=O)c1ccccc1)OC. The molecule has 0 saturated carbocycles. The highest BCUT2D eigenvalue weighted by atomic mass is 19.1. The third kappa shape index (κ3) is 4.43. The van der Waals surface area contributed by atoms with Crippen LogP contribution in [0, 0.1) is 5.82 Å². The molecule has 0 N–H and O–H groups in total. The van der Waals surface area contributed by atoms with Crippen LogP contribution in [0.2, 0.25) is 0 Å². The molecule has 1 atom stereocenters. The first-order chi connectivity index (χ1) is 13.1. The van der Waals surface area contributed by atoms with E-state index in [1.807, 2.05) is 37.3 Å². The van der Waals surface area contributed by atoms with Crippen molar-refractivity contribution in [3.8, 4) is 5.75 Å². The number of carbonyl (C=O) groups excluding carboxylic acids is 1. The van der Waals surface area contributed by atoms with Gasteiger partial charge in [-0.3, -0.25) is 4.79 Å². The molecule has 1 aliphatic rings. The van der Waals surface area contributed by atoms with Gasteiger partial charge in [-0.25, -0.2) is 4.39 Å². The molecule has 0 radical (unpaired) electrons. The summed E-state index contributed by atoms with van der Waals surface area (Å²) in [5, 5.41) is 0. The maximum Gasteiger partial charge on any atom is 0.196 e. The number of benzene rings is 2. The van der Waals surface area contributed by atoms with Crippen molar-refractivity contribution in [3.63, 3.8) is 0 Å². The average molecular weight is 370 g/mol. The summed E-state index contributed by atoms with van der Waals surface area (Å²) in [5.41, 5.74) is 2.62. The highest BCUT2D eigenvalue weighted by molar-refractivity contribution is 6.15. The van der Waals surface area contributed by atoms with Gasteiger partial charge >= 0.3 is 0 Å². The molecule has 27 heavy (non-hydrogen) atoms. The van der Waals surface area contributed by atoms with Gasteiger partial charge in [-0.1, -0.05) is 30.3 Å². The minimum Gasteiger partial charge on any atom is -0.488 e. The molecular weight excluding hydrogens is 347 g/mol. The highest BCUT2D eigenvalue weighted by Crippen LogP contribution is 2.34. The van der Waals surface area contributed by atoms with Crippen molar-refractivity contribution in [1.29, 1.82) is 0 Å². The minimum atomic E-state index is -0.455. The molecule has 0 aliphatic carbocycles. The molecule has 4 nitrogen and oxygen atoms in total. The molecule has 0 bridgehead atoms. The lowest BCUT2D eigenvalue weighted by Gasteiger charge is -2.23. The van der Waals surface area contributed by atoms with Gasteiger partial charge in [0.2, 0.25) is 0 Å². The number of methoxy groups -OCH3 is 1. The summed E-state index contributed by atoms with van der Waals surface area (Å²) in [4.78, 5) is 13.1. The summed E-state index contributed by atoms with van der Waals surface area (Å²) >= 11 is 0. The van der Waals surface area contributed by atoms with Crippen molar-refractivity contribution in [2.45, 2.75) is 26.1 Å². The Labute approximate surface area is 158 Å². The first kappa shape index (κ1) is 19.3. The smallest absolute Gasteiger partial charge is 0.196 e. The van der Waals surface area contributed by atoms with Crippen LogP contribution in [-0.4, -0.2) is 32.4 Å². The number of halogens is 1. The lowest BCUT2D eigenvalue weighted by molar-refractivity contribution is -0.122. The molecule has 0 saturated heterocycles. The quantitative estimate of drug-likeness (QED) is 0.526. The predicted octanol–water partition coefficient (Wildman–Crippen LogP) is 4.64. The number of Topliss-reactive ketones (excluding diaryl/α,β-unsaturated/α-hetero) is 1. The maximum absolute atomic E-state index is 13.6. The van der Waals surface area contributed by atoms with E-state index in [9.17, 15) is 9.18 Å². The summed E-state index contributed by atoms with van der Waals surface area (Å²) in [7, 11) is 1.60. The van der Waals surface area contributed by atoms with E-state index in [1.165, 1.54) is 18.2 Å². The molecular formula is C22H23FO4. The number of carbonyl (C=O) groups is 1. The van der Waals surface area contributed by atoms with Crippen LogP contribution in [0.1, 0.15) is 35.7 Å². The van der Waals surface area contributed by atoms with E-state index >= 15 is 0 Å². The molecule has 0 aromatic heterocycles. The van der Waals surface area contributed by atoms with Crippen LogP contribution in [0.3, 0.4) is 0 Å². The number of ether oxygens (including phenoxy) is 3. The van der Waals surface area contributed by atoms with Crippen LogP contribution in [-0.2, 0) is 9.47 Å². The first-order valence-electron chi connectivity index (χ1n) is 9.03. The molecule has 0 amide bonds. The Bertz CT molecular complexity index is 829. The van der Waals surface area contributed by atoms with E-state index < -0.39 is 5.82 Å². The normalized spacial score (nSPS) is 16.5. The summed E-state index contributed by atoms with van der Waals surface area (Å²) in [6, 6.07) is 13.7. The maximum atomic E-state index is 13.6. The third-order valence-electron chi connectivity index (χ3n) is 4.56. The number of hydrogen-bond acceptors (Lipinski definition) is 4. The van der Waals surface area contributed by atoms with Crippen molar-refractivity contribution >= 4 is 11.4 Å². The zero-order valence-corrected chi connectivity index (χ0v) is 15.5. The lowest BCUT2D eigenvalue weighted by atomic mass is 9.89. The van der Waals surface area contributed by atoms with Gasteiger partial charge in [0.1, 0.15) is 18.2 Å². The Morgan fingerprint density at radius 1 is 1.22 bits per heavy atom. The Morgan fingerprint density at radius 2 is 2.00 bits per heavy atom. The van der Waals surface area contributed by atoms with Gasteiger partial charge in [0.05, 0.1) is 5.56 Å². The Hall–Kier alpha value is -2.50. The van der Waals surface area contributed by atoms with Gasteiger partial charge in [-0.2, -0.15) is 0 Å². The number of hydrogen-bond donors (Lipinski definition) is 0. The Balaban J connectivity index is 1.98. The summed E-state index contributed by atoms with van der Waals surface area (Å²) < 4.78 is 30.3. The van der Waals surface area contributed by atoms with Gasteiger partial charge < -0.3 is 14.2 Å². The van der Waals surface area contributed by atoms with E-state index in [2.05, 4.69) is 0 Å². The van der Waals surface area contributed by atoms with E-state index in [0.29, 0.717) is 30.8 Å².